The van der Waals surface area contributed by atoms with E-state index >= 15 is 0 Å². The SMILES string of the molecule is Cc1ccc(F)c(C(NCC2CC2)C(N)=O)c1. The molecule has 0 saturated heterocycles. The molecule has 1 saturated carbocycles. The van der Waals surface area contributed by atoms with Crippen LogP contribution in [-0.4, -0.2) is 12.5 Å². The van der Waals surface area contributed by atoms with Crippen LogP contribution in [0.15, 0.2) is 18.2 Å². The molecule has 1 aliphatic carbocycles. The molecule has 4 heteroatoms. The number of nitrogens with two attached hydrogens (primary N) is 1. The van der Waals surface area contributed by atoms with Crippen LogP contribution in [-0.2, 0) is 4.79 Å². The van der Waals surface area contributed by atoms with Crippen molar-refractivity contribution in [3.05, 3.63) is 35.1 Å². The Hall–Kier alpha value is -1.42. The van der Waals surface area contributed by atoms with E-state index in [1.165, 1.54) is 18.9 Å². The molecule has 0 heterocycles. The van der Waals surface area contributed by atoms with Crippen molar-refractivity contribution in [2.75, 3.05) is 6.54 Å². The summed E-state index contributed by atoms with van der Waals surface area (Å²) in [5, 5.41) is 3.05. The second kappa shape index (κ2) is 4.84. The number of carbonyl (C=O) groups is 1. The van der Waals surface area contributed by atoms with Gasteiger partial charge in [-0.05, 0) is 38.3 Å². The van der Waals surface area contributed by atoms with Gasteiger partial charge in [-0.3, -0.25) is 4.79 Å². The number of amides is 1. The molecule has 0 aromatic heterocycles. The normalized spacial score (nSPS) is 16.8. The highest BCUT2D eigenvalue weighted by Gasteiger charge is 2.26. The largest absolute Gasteiger partial charge is 0.368 e. The maximum absolute atomic E-state index is 13.7. The number of rotatable bonds is 5. The van der Waals surface area contributed by atoms with Crippen molar-refractivity contribution in [2.45, 2.75) is 25.8 Å². The molecule has 3 N–H and O–H groups in total. The Kier molecular flexibility index (Phi) is 3.43. The maximum atomic E-state index is 13.7. The zero-order valence-electron chi connectivity index (χ0n) is 9.87. The van der Waals surface area contributed by atoms with Crippen LogP contribution >= 0.6 is 0 Å². The summed E-state index contributed by atoms with van der Waals surface area (Å²) in [6, 6.07) is 4.00. The highest BCUT2D eigenvalue weighted by Crippen LogP contribution is 2.29. The van der Waals surface area contributed by atoms with Crippen LogP contribution in [0, 0.1) is 18.7 Å². The Morgan fingerprint density at radius 1 is 1.59 bits per heavy atom. The van der Waals surface area contributed by atoms with Gasteiger partial charge in [-0.25, -0.2) is 4.39 Å². The lowest BCUT2D eigenvalue weighted by atomic mass is 10.0. The first kappa shape index (κ1) is 12.0. The van der Waals surface area contributed by atoms with Crippen LogP contribution in [0.1, 0.15) is 30.0 Å². The molecule has 0 radical (unpaired) electrons. The van der Waals surface area contributed by atoms with Crippen LogP contribution in [0.4, 0.5) is 4.39 Å². The van der Waals surface area contributed by atoms with Crippen molar-refractivity contribution in [1.29, 1.82) is 0 Å². The summed E-state index contributed by atoms with van der Waals surface area (Å²) < 4.78 is 13.7. The summed E-state index contributed by atoms with van der Waals surface area (Å²) >= 11 is 0. The molecule has 0 bridgehead atoms. The zero-order chi connectivity index (χ0) is 12.4. The van der Waals surface area contributed by atoms with Gasteiger partial charge < -0.3 is 11.1 Å². The third-order valence-corrected chi connectivity index (χ3v) is 3.05. The van der Waals surface area contributed by atoms with Gasteiger partial charge in [0.25, 0.3) is 0 Å². The van der Waals surface area contributed by atoms with Gasteiger partial charge in [0.1, 0.15) is 11.9 Å². The fourth-order valence-electron chi connectivity index (χ4n) is 1.85. The van der Waals surface area contributed by atoms with E-state index in [2.05, 4.69) is 5.32 Å². The van der Waals surface area contributed by atoms with E-state index in [4.69, 9.17) is 5.73 Å². The van der Waals surface area contributed by atoms with Crippen LogP contribution < -0.4 is 11.1 Å². The van der Waals surface area contributed by atoms with Crippen molar-refractivity contribution < 1.29 is 9.18 Å². The first-order chi connectivity index (χ1) is 8.08. The molecule has 92 valence electrons. The highest BCUT2D eigenvalue weighted by molar-refractivity contribution is 5.81. The van der Waals surface area contributed by atoms with Gasteiger partial charge >= 0.3 is 0 Å². The fourth-order valence-corrected chi connectivity index (χ4v) is 1.85. The molecule has 3 nitrogen and oxygen atoms in total. The molecule has 1 aromatic rings. The van der Waals surface area contributed by atoms with Gasteiger partial charge in [0, 0.05) is 5.56 Å². The van der Waals surface area contributed by atoms with E-state index < -0.39 is 11.9 Å². The topological polar surface area (TPSA) is 55.1 Å². The molecule has 1 amide bonds. The van der Waals surface area contributed by atoms with Crippen LogP contribution in [0.25, 0.3) is 0 Å². The predicted molar refractivity (Wildman–Crippen MR) is 63.8 cm³/mol. The van der Waals surface area contributed by atoms with E-state index in [0.29, 0.717) is 11.5 Å². The van der Waals surface area contributed by atoms with E-state index in [1.807, 2.05) is 6.92 Å². The smallest absolute Gasteiger partial charge is 0.239 e. The lowest BCUT2D eigenvalue weighted by Gasteiger charge is -2.16. The average Bonchev–Trinajstić information content (AvgIpc) is 3.06. The van der Waals surface area contributed by atoms with Crippen molar-refractivity contribution >= 4 is 5.91 Å². The fraction of sp³-hybridized carbons (Fsp3) is 0.462. The van der Waals surface area contributed by atoms with Gasteiger partial charge in [-0.15, -0.1) is 0 Å². The predicted octanol–water partition coefficient (Wildman–Crippen LogP) is 1.66. The minimum atomic E-state index is -0.726. The molecular formula is C13H17FN2O. The molecule has 17 heavy (non-hydrogen) atoms. The second-order valence-corrected chi connectivity index (χ2v) is 4.71. The van der Waals surface area contributed by atoms with Crippen molar-refractivity contribution in [1.82, 2.24) is 5.32 Å². The Labute approximate surface area is 100 Å². The zero-order valence-corrected chi connectivity index (χ0v) is 9.87. The van der Waals surface area contributed by atoms with Crippen LogP contribution in [0.2, 0.25) is 0 Å². The Morgan fingerprint density at radius 3 is 2.88 bits per heavy atom. The quantitative estimate of drug-likeness (QED) is 0.817. The van der Waals surface area contributed by atoms with E-state index in [1.54, 1.807) is 12.1 Å². The molecule has 1 aromatic carbocycles. The number of nitrogens with one attached hydrogen (secondary N) is 1. The maximum Gasteiger partial charge on any atom is 0.239 e. The highest BCUT2D eigenvalue weighted by atomic mass is 19.1. The summed E-state index contributed by atoms with van der Waals surface area (Å²) in [5.41, 5.74) is 6.59. The minimum absolute atomic E-state index is 0.346. The first-order valence-corrected chi connectivity index (χ1v) is 5.86. The third-order valence-electron chi connectivity index (χ3n) is 3.05. The van der Waals surface area contributed by atoms with Gasteiger partial charge in [-0.2, -0.15) is 0 Å². The third kappa shape index (κ3) is 3.03. The molecule has 2 rings (SSSR count). The minimum Gasteiger partial charge on any atom is -0.368 e. The van der Waals surface area contributed by atoms with Crippen molar-refractivity contribution in [2.24, 2.45) is 11.7 Å². The molecule has 1 fully saturated rings. The van der Waals surface area contributed by atoms with Gasteiger partial charge in [-0.1, -0.05) is 17.7 Å². The molecule has 1 atom stereocenters. The van der Waals surface area contributed by atoms with E-state index in [0.717, 1.165) is 12.1 Å². The van der Waals surface area contributed by atoms with Crippen LogP contribution in [0.3, 0.4) is 0 Å². The summed E-state index contributed by atoms with van der Waals surface area (Å²) in [5.74, 6) is -0.303. The average molecular weight is 236 g/mol. The van der Waals surface area contributed by atoms with Crippen molar-refractivity contribution in [3.63, 3.8) is 0 Å². The molecule has 0 aliphatic heterocycles. The molecule has 1 aliphatic rings. The van der Waals surface area contributed by atoms with Crippen molar-refractivity contribution in [3.8, 4) is 0 Å². The molecule has 0 spiro atoms. The number of hydrogen-bond acceptors (Lipinski definition) is 2. The van der Waals surface area contributed by atoms with Crippen LogP contribution in [0.5, 0.6) is 0 Å². The number of carbonyl (C=O) groups excluding carboxylic acids is 1. The Balaban J connectivity index is 2.17. The standard InChI is InChI=1S/C13H17FN2O/c1-8-2-5-11(14)10(6-8)12(13(15)17)16-7-9-3-4-9/h2,5-6,9,12,16H,3-4,7H2,1H3,(H2,15,17). The summed E-state index contributed by atoms with van der Waals surface area (Å²) in [7, 11) is 0. The molecule has 1 unspecified atom stereocenters. The summed E-state index contributed by atoms with van der Waals surface area (Å²) in [4.78, 5) is 11.4. The van der Waals surface area contributed by atoms with Gasteiger partial charge in [0.05, 0.1) is 0 Å². The summed E-state index contributed by atoms with van der Waals surface area (Å²) in [6.45, 7) is 2.59. The lowest BCUT2D eigenvalue weighted by Crippen LogP contribution is -2.35. The summed E-state index contributed by atoms with van der Waals surface area (Å²) in [6.07, 6.45) is 2.35. The van der Waals surface area contributed by atoms with E-state index in [9.17, 15) is 9.18 Å². The Morgan fingerprint density at radius 2 is 2.29 bits per heavy atom. The lowest BCUT2D eigenvalue weighted by molar-refractivity contribution is -0.120. The number of benzene rings is 1. The number of primary amides is 1. The molecular weight excluding hydrogens is 219 g/mol. The van der Waals surface area contributed by atoms with Gasteiger partial charge in [0.2, 0.25) is 5.91 Å². The number of hydrogen-bond donors (Lipinski definition) is 2. The second-order valence-electron chi connectivity index (χ2n) is 4.71. The number of halogens is 1. The Bertz CT molecular complexity index is 429. The number of aryl methyl sites for hydroxylation is 1. The van der Waals surface area contributed by atoms with Gasteiger partial charge in [0.15, 0.2) is 0 Å². The monoisotopic (exact) mass is 236 g/mol. The first-order valence-electron chi connectivity index (χ1n) is 5.86. The van der Waals surface area contributed by atoms with E-state index in [-0.39, 0.29) is 5.82 Å².